The zero-order valence-electron chi connectivity index (χ0n) is 16.2. The number of piperidine rings is 1. The van der Waals surface area contributed by atoms with E-state index in [4.69, 9.17) is 4.74 Å². The Morgan fingerprint density at radius 2 is 1.93 bits per heavy atom. The predicted molar refractivity (Wildman–Crippen MR) is 104 cm³/mol. The number of ether oxygens (including phenoxy) is 1. The lowest BCUT2D eigenvalue weighted by Gasteiger charge is -2.42. The minimum atomic E-state index is -0.893. The van der Waals surface area contributed by atoms with E-state index in [9.17, 15) is 13.6 Å². The fourth-order valence-corrected chi connectivity index (χ4v) is 4.78. The van der Waals surface area contributed by atoms with Crippen LogP contribution in [0.25, 0.3) is 0 Å². The molecule has 152 valence electrons. The van der Waals surface area contributed by atoms with Crippen molar-refractivity contribution in [2.45, 2.75) is 44.1 Å². The molecule has 2 aromatic rings. The number of halogens is 2. The maximum absolute atomic E-state index is 14.1. The van der Waals surface area contributed by atoms with Crippen LogP contribution in [0.1, 0.15) is 36.0 Å². The average molecular weight is 398 g/mol. The van der Waals surface area contributed by atoms with Crippen molar-refractivity contribution in [1.82, 2.24) is 10.2 Å². The Morgan fingerprint density at radius 1 is 1.17 bits per heavy atom. The Bertz CT molecular complexity index is 932. The Labute approximate surface area is 168 Å². The van der Waals surface area contributed by atoms with Gasteiger partial charge in [0.2, 0.25) is 5.91 Å². The largest absolute Gasteiger partial charge is 0.365 e. The normalized spacial score (nSPS) is 25.8. The summed E-state index contributed by atoms with van der Waals surface area (Å²) in [7, 11) is 0. The summed E-state index contributed by atoms with van der Waals surface area (Å²) in [6, 6.07) is 12.7. The molecular weight excluding hydrogens is 374 g/mol. The van der Waals surface area contributed by atoms with Crippen LogP contribution in [0.5, 0.6) is 0 Å². The van der Waals surface area contributed by atoms with Gasteiger partial charge in [0.15, 0.2) is 11.6 Å². The molecule has 2 heterocycles. The Balaban J connectivity index is 1.49. The molecule has 2 fully saturated rings. The van der Waals surface area contributed by atoms with E-state index in [0.717, 1.165) is 18.4 Å². The van der Waals surface area contributed by atoms with Gasteiger partial charge in [-0.1, -0.05) is 30.3 Å². The second-order valence-electron chi connectivity index (χ2n) is 8.29. The van der Waals surface area contributed by atoms with Crippen LogP contribution in [0.2, 0.25) is 0 Å². The molecule has 0 unspecified atom stereocenters. The van der Waals surface area contributed by atoms with Crippen LogP contribution in [0.4, 0.5) is 8.78 Å². The standard InChI is InChI=1S/C23H24F2N2O2/c24-20-10-16-14-29-23(18(16)11-21(20)25)8-9-26-12-19(23)22(28)27(17-6-7-17)13-15-4-2-1-3-5-15/h1-5,10-11,17,19,26H,6-9,12-14H2/t19-,23+/m1/s1. The summed E-state index contributed by atoms with van der Waals surface area (Å²) in [5, 5.41) is 3.31. The summed E-state index contributed by atoms with van der Waals surface area (Å²) >= 11 is 0. The number of carbonyl (C=O) groups excluding carboxylic acids is 1. The van der Waals surface area contributed by atoms with Gasteiger partial charge in [0.25, 0.3) is 0 Å². The SMILES string of the molecule is O=C([C@H]1CNCC[C@@]12OCc1cc(F)c(F)cc12)N(Cc1ccccc1)C1CC1. The number of fused-ring (bicyclic) bond motifs is 2. The van der Waals surface area contributed by atoms with E-state index in [2.05, 4.69) is 5.32 Å². The molecule has 0 aromatic heterocycles. The number of nitrogens with zero attached hydrogens (tertiary/aromatic N) is 1. The van der Waals surface area contributed by atoms with Gasteiger partial charge < -0.3 is 15.0 Å². The first-order valence-electron chi connectivity index (χ1n) is 10.3. The molecular formula is C23H24F2N2O2. The molecule has 1 spiro atoms. The molecule has 2 atom stereocenters. The third-order valence-electron chi connectivity index (χ3n) is 6.44. The lowest BCUT2D eigenvalue weighted by atomic mass is 9.75. The van der Waals surface area contributed by atoms with E-state index in [-0.39, 0.29) is 18.6 Å². The fourth-order valence-electron chi connectivity index (χ4n) is 4.78. The predicted octanol–water partition coefficient (Wildman–Crippen LogP) is 3.49. The lowest BCUT2D eigenvalue weighted by molar-refractivity contribution is -0.157. The molecule has 3 aliphatic rings. The first-order chi connectivity index (χ1) is 14.1. The topological polar surface area (TPSA) is 41.6 Å². The molecule has 1 aliphatic carbocycles. The number of carbonyl (C=O) groups is 1. The summed E-state index contributed by atoms with van der Waals surface area (Å²) in [5.74, 6) is -2.20. The summed E-state index contributed by atoms with van der Waals surface area (Å²) in [5.41, 5.74) is 1.47. The zero-order valence-corrected chi connectivity index (χ0v) is 16.2. The Kier molecular flexibility index (Phi) is 4.63. The lowest BCUT2D eigenvalue weighted by Crippen LogP contribution is -2.55. The van der Waals surface area contributed by atoms with Gasteiger partial charge in [-0.2, -0.15) is 0 Å². The van der Waals surface area contributed by atoms with Crippen LogP contribution in [-0.2, 0) is 28.3 Å². The monoisotopic (exact) mass is 398 g/mol. The molecule has 5 rings (SSSR count). The molecule has 1 saturated carbocycles. The summed E-state index contributed by atoms with van der Waals surface area (Å²) in [6.45, 7) is 1.90. The van der Waals surface area contributed by atoms with Crippen molar-refractivity contribution in [1.29, 1.82) is 0 Å². The smallest absolute Gasteiger partial charge is 0.230 e. The number of amides is 1. The van der Waals surface area contributed by atoms with Crippen molar-refractivity contribution in [3.63, 3.8) is 0 Å². The van der Waals surface area contributed by atoms with Gasteiger partial charge in [-0.3, -0.25) is 4.79 Å². The molecule has 0 bridgehead atoms. The van der Waals surface area contributed by atoms with Crippen molar-refractivity contribution in [3.05, 3.63) is 70.8 Å². The minimum absolute atomic E-state index is 0.0288. The van der Waals surface area contributed by atoms with Crippen LogP contribution in [0, 0.1) is 17.6 Å². The van der Waals surface area contributed by atoms with Gasteiger partial charge >= 0.3 is 0 Å². The fraction of sp³-hybridized carbons (Fsp3) is 0.435. The van der Waals surface area contributed by atoms with Crippen molar-refractivity contribution in [2.75, 3.05) is 13.1 Å². The first-order valence-corrected chi connectivity index (χ1v) is 10.3. The van der Waals surface area contributed by atoms with Gasteiger partial charge in [-0.05, 0) is 54.6 Å². The van der Waals surface area contributed by atoms with Crippen LogP contribution < -0.4 is 5.32 Å². The second kappa shape index (κ2) is 7.18. The van der Waals surface area contributed by atoms with Crippen molar-refractivity contribution < 1.29 is 18.3 Å². The highest BCUT2D eigenvalue weighted by Crippen LogP contribution is 2.48. The zero-order chi connectivity index (χ0) is 20.0. The Hall–Kier alpha value is -2.31. The van der Waals surface area contributed by atoms with Crippen molar-refractivity contribution >= 4 is 5.91 Å². The van der Waals surface area contributed by atoms with E-state index in [1.54, 1.807) is 0 Å². The highest BCUT2D eigenvalue weighted by molar-refractivity contribution is 5.82. The molecule has 0 radical (unpaired) electrons. The highest BCUT2D eigenvalue weighted by atomic mass is 19.2. The van der Waals surface area contributed by atoms with E-state index in [0.29, 0.717) is 37.2 Å². The van der Waals surface area contributed by atoms with Gasteiger partial charge in [0.05, 0.1) is 12.5 Å². The number of nitrogens with one attached hydrogen (secondary N) is 1. The summed E-state index contributed by atoms with van der Waals surface area (Å²) in [6.07, 6.45) is 2.57. The number of benzene rings is 2. The first kappa shape index (κ1) is 18.7. The molecule has 29 heavy (non-hydrogen) atoms. The maximum atomic E-state index is 14.1. The third kappa shape index (κ3) is 3.24. The van der Waals surface area contributed by atoms with E-state index < -0.39 is 23.2 Å². The van der Waals surface area contributed by atoms with E-state index >= 15 is 0 Å². The molecule has 4 nitrogen and oxygen atoms in total. The molecule has 1 amide bonds. The maximum Gasteiger partial charge on any atom is 0.230 e. The summed E-state index contributed by atoms with van der Waals surface area (Å²) < 4.78 is 34.0. The van der Waals surface area contributed by atoms with Gasteiger partial charge in [-0.15, -0.1) is 0 Å². The van der Waals surface area contributed by atoms with E-state index in [1.807, 2.05) is 35.2 Å². The molecule has 6 heteroatoms. The molecule has 2 aromatic carbocycles. The number of hydrogen-bond acceptors (Lipinski definition) is 3. The third-order valence-corrected chi connectivity index (χ3v) is 6.44. The van der Waals surface area contributed by atoms with Crippen molar-refractivity contribution in [2.24, 2.45) is 5.92 Å². The molecule has 1 saturated heterocycles. The average Bonchev–Trinajstić information content (AvgIpc) is 3.53. The summed E-state index contributed by atoms with van der Waals surface area (Å²) in [4.78, 5) is 15.7. The number of rotatable bonds is 4. The molecule has 2 aliphatic heterocycles. The van der Waals surface area contributed by atoms with Crippen LogP contribution >= 0.6 is 0 Å². The molecule has 1 N–H and O–H groups in total. The van der Waals surface area contributed by atoms with Crippen LogP contribution in [0.15, 0.2) is 42.5 Å². The second-order valence-corrected chi connectivity index (χ2v) is 8.29. The van der Waals surface area contributed by atoms with Crippen LogP contribution in [-0.4, -0.2) is 29.9 Å². The quantitative estimate of drug-likeness (QED) is 0.857. The van der Waals surface area contributed by atoms with Gasteiger partial charge in [0, 0.05) is 19.1 Å². The van der Waals surface area contributed by atoms with Gasteiger partial charge in [0.1, 0.15) is 5.60 Å². The Morgan fingerprint density at radius 3 is 2.69 bits per heavy atom. The minimum Gasteiger partial charge on any atom is -0.365 e. The van der Waals surface area contributed by atoms with Crippen LogP contribution in [0.3, 0.4) is 0 Å². The highest BCUT2D eigenvalue weighted by Gasteiger charge is 2.53. The van der Waals surface area contributed by atoms with Crippen molar-refractivity contribution in [3.8, 4) is 0 Å². The number of hydrogen-bond donors (Lipinski definition) is 1. The van der Waals surface area contributed by atoms with Gasteiger partial charge in [-0.25, -0.2) is 8.78 Å². The van der Waals surface area contributed by atoms with E-state index in [1.165, 1.54) is 12.1 Å².